The van der Waals surface area contributed by atoms with Crippen LogP contribution >= 0.6 is 11.3 Å². The second-order valence-electron chi connectivity index (χ2n) is 6.03. The zero-order valence-corrected chi connectivity index (χ0v) is 14.9. The van der Waals surface area contributed by atoms with Gasteiger partial charge < -0.3 is 10.2 Å². The minimum absolute atomic E-state index is 0.0297. The van der Waals surface area contributed by atoms with Gasteiger partial charge in [-0.2, -0.15) is 0 Å². The number of hydrogen-bond acceptors (Lipinski definition) is 3. The predicted octanol–water partition coefficient (Wildman–Crippen LogP) is 4.33. The number of benzene rings is 1. The molecule has 1 aliphatic heterocycles. The molecular weight excluding hydrogens is 320 g/mol. The summed E-state index contributed by atoms with van der Waals surface area (Å²) < 4.78 is 0. The quantitative estimate of drug-likeness (QED) is 0.879. The first kappa shape index (κ1) is 16.7. The van der Waals surface area contributed by atoms with Crippen LogP contribution in [0.15, 0.2) is 35.7 Å². The first-order valence-electron chi connectivity index (χ1n) is 8.43. The molecule has 2 amide bonds. The molecule has 4 nitrogen and oxygen atoms in total. The summed E-state index contributed by atoms with van der Waals surface area (Å²) in [6, 6.07) is 9.61. The van der Waals surface area contributed by atoms with Crippen LogP contribution in [0.2, 0.25) is 0 Å². The van der Waals surface area contributed by atoms with Crippen LogP contribution in [-0.4, -0.2) is 18.4 Å². The van der Waals surface area contributed by atoms with Crippen LogP contribution in [-0.2, 0) is 11.2 Å². The molecule has 2 heterocycles. The number of fused-ring (bicyclic) bond motifs is 1. The van der Waals surface area contributed by atoms with Gasteiger partial charge in [-0.05, 0) is 48.4 Å². The Balaban J connectivity index is 1.81. The van der Waals surface area contributed by atoms with Crippen molar-refractivity contribution < 1.29 is 9.59 Å². The Bertz CT molecular complexity index is 736. The molecule has 0 aliphatic carbocycles. The SMILES string of the molecule is CCC(CC)C(=O)Nc1ccc2c(c1)N(C(=O)c1cccs1)CC2. The Kier molecular flexibility index (Phi) is 5.00. The van der Waals surface area contributed by atoms with Gasteiger partial charge in [-0.25, -0.2) is 0 Å². The third kappa shape index (κ3) is 3.22. The number of carbonyl (C=O) groups is 2. The summed E-state index contributed by atoms with van der Waals surface area (Å²) in [6.07, 6.45) is 2.51. The van der Waals surface area contributed by atoms with Crippen molar-refractivity contribution in [3.63, 3.8) is 0 Å². The molecule has 2 aromatic rings. The minimum Gasteiger partial charge on any atom is -0.326 e. The van der Waals surface area contributed by atoms with Gasteiger partial charge in [0, 0.05) is 23.8 Å². The number of thiophene rings is 1. The van der Waals surface area contributed by atoms with Crippen molar-refractivity contribution in [2.75, 3.05) is 16.8 Å². The Morgan fingerprint density at radius 3 is 2.71 bits per heavy atom. The van der Waals surface area contributed by atoms with Gasteiger partial charge in [0.1, 0.15) is 0 Å². The number of nitrogens with one attached hydrogen (secondary N) is 1. The molecule has 0 saturated heterocycles. The molecule has 0 fully saturated rings. The first-order chi connectivity index (χ1) is 11.6. The van der Waals surface area contributed by atoms with Gasteiger partial charge in [0.2, 0.25) is 5.91 Å². The highest BCUT2D eigenvalue weighted by Gasteiger charge is 2.26. The van der Waals surface area contributed by atoms with Crippen molar-refractivity contribution in [2.24, 2.45) is 5.92 Å². The third-order valence-corrected chi connectivity index (χ3v) is 5.44. The monoisotopic (exact) mass is 342 g/mol. The number of carbonyl (C=O) groups excluding carboxylic acids is 2. The Morgan fingerprint density at radius 2 is 2.04 bits per heavy atom. The van der Waals surface area contributed by atoms with Gasteiger partial charge in [0.25, 0.3) is 5.91 Å². The topological polar surface area (TPSA) is 49.4 Å². The van der Waals surface area contributed by atoms with E-state index in [1.807, 2.05) is 54.5 Å². The molecule has 3 rings (SSSR count). The van der Waals surface area contributed by atoms with Crippen LogP contribution in [0.25, 0.3) is 0 Å². The molecular formula is C19H22N2O2S. The fourth-order valence-electron chi connectivity index (χ4n) is 3.10. The number of nitrogens with zero attached hydrogens (tertiary/aromatic N) is 1. The lowest BCUT2D eigenvalue weighted by Gasteiger charge is -2.18. The molecule has 0 saturated carbocycles. The highest BCUT2D eigenvalue weighted by molar-refractivity contribution is 7.12. The predicted molar refractivity (Wildman–Crippen MR) is 98.8 cm³/mol. The lowest BCUT2D eigenvalue weighted by molar-refractivity contribution is -0.120. The van der Waals surface area contributed by atoms with Crippen LogP contribution in [0.1, 0.15) is 41.9 Å². The third-order valence-electron chi connectivity index (χ3n) is 4.58. The summed E-state index contributed by atoms with van der Waals surface area (Å²) in [7, 11) is 0. The van der Waals surface area contributed by atoms with Gasteiger partial charge >= 0.3 is 0 Å². The highest BCUT2D eigenvalue weighted by Crippen LogP contribution is 2.32. The molecule has 5 heteroatoms. The maximum atomic E-state index is 12.7. The highest BCUT2D eigenvalue weighted by atomic mass is 32.1. The van der Waals surface area contributed by atoms with Gasteiger partial charge in [0.05, 0.1) is 4.88 Å². The Morgan fingerprint density at radius 1 is 1.25 bits per heavy atom. The van der Waals surface area contributed by atoms with E-state index in [-0.39, 0.29) is 17.7 Å². The number of amides is 2. The summed E-state index contributed by atoms with van der Waals surface area (Å²) in [5.41, 5.74) is 2.83. The van der Waals surface area contributed by atoms with E-state index in [1.165, 1.54) is 11.3 Å². The second-order valence-corrected chi connectivity index (χ2v) is 6.98. The molecule has 0 atom stereocenters. The fourth-order valence-corrected chi connectivity index (χ4v) is 3.78. The van der Waals surface area contributed by atoms with Crippen molar-refractivity contribution in [1.82, 2.24) is 0 Å². The van der Waals surface area contributed by atoms with Crippen molar-refractivity contribution in [3.05, 3.63) is 46.2 Å². The van der Waals surface area contributed by atoms with Crippen LogP contribution in [0.4, 0.5) is 11.4 Å². The maximum absolute atomic E-state index is 12.7. The Labute approximate surface area is 146 Å². The molecule has 24 heavy (non-hydrogen) atoms. The molecule has 1 aromatic heterocycles. The summed E-state index contributed by atoms with van der Waals surface area (Å²) in [5, 5.41) is 4.91. The molecule has 1 aromatic carbocycles. The van der Waals surface area contributed by atoms with E-state index < -0.39 is 0 Å². The van der Waals surface area contributed by atoms with Gasteiger partial charge in [-0.3, -0.25) is 9.59 Å². The van der Waals surface area contributed by atoms with E-state index in [9.17, 15) is 9.59 Å². The number of hydrogen-bond donors (Lipinski definition) is 1. The van der Waals surface area contributed by atoms with E-state index in [0.717, 1.165) is 41.1 Å². The molecule has 0 spiro atoms. The number of rotatable bonds is 5. The second kappa shape index (κ2) is 7.18. The van der Waals surface area contributed by atoms with Gasteiger partial charge in [0.15, 0.2) is 0 Å². The zero-order chi connectivity index (χ0) is 17.1. The van der Waals surface area contributed by atoms with Crippen LogP contribution in [0.3, 0.4) is 0 Å². The van der Waals surface area contributed by atoms with Gasteiger partial charge in [-0.15, -0.1) is 11.3 Å². The fraction of sp³-hybridized carbons (Fsp3) is 0.368. The van der Waals surface area contributed by atoms with Crippen molar-refractivity contribution in [3.8, 4) is 0 Å². The minimum atomic E-state index is 0.0297. The van der Waals surface area contributed by atoms with E-state index in [0.29, 0.717) is 6.54 Å². The largest absolute Gasteiger partial charge is 0.326 e. The Hall–Kier alpha value is -2.14. The van der Waals surface area contributed by atoms with E-state index in [4.69, 9.17) is 0 Å². The van der Waals surface area contributed by atoms with Crippen LogP contribution in [0, 0.1) is 5.92 Å². The van der Waals surface area contributed by atoms with E-state index in [1.54, 1.807) is 0 Å². The summed E-state index contributed by atoms with van der Waals surface area (Å²) in [6.45, 7) is 4.74. The van der Waals surface area contributed by atoms with Crippen LogP contribution in [0.5, 0.6) is 0 Å². The normalized spacial score (nSPS) is 13.2. The van der Waals surface area contributed by atoms with Crippen molar-refractivity contribution in [2.45, 2.75) is 33.1 Å². The molecule has 0 unspecified atom stereocenters. The van der Waals surface area contributed by atoms with E-state index in [2.05, 4.69) is 5.32 Å². The zero-order valence-electron chi connectivity index (χ0n) is 14.0. The lowest BCUT2D eigenvalue weighted by Crippen LogP contribution is -2.28. The first-order valence-corrected chi connectivity index (χ1v) is 9.31. The molecule has 126 valence electrons. The van der Waals surface area contributed by atoms with Crippen molar-refractivity contribution in [1.29, 1.82) is 0 Å². The summed E-state index contributed by atoms with van der Waals surface area (Å²) in [4.78, 5) is 27.5. The molecule has 1 N–H and O–H groups in total. The average Bonchev–Trinajstić information content (AvgIpc) is 3.25. The number of anilines is 2. The summed E-state index contributed by atoms with van der Waals surface area (Å²) >= 11 is 1.46. The average molecular weight is 342 g/mol. The smallest absolute Gasteiger partial charge is 0.268 e. The standard InChI is InChI=1S/C19H22N2O2S/c1-3-13(4-2)18(22)20-15-8-7-14-9-10-21(16(14)12-15)19(23)17-6-5-11-24-17/h5-8,11-13H,3-4,9-10H2,1-2H3,(H,20,22). The maximum Gasteiger partial charge on any atom is 0.268 e. The molecule has 0 bridgehead atoms. The summed E-state index contributed by atoms with van der Waals surface area (Å²) in [5.74, 6) is 0.114. The van der Waals surface area contributed by atoms with E-state index >= 15 is 0 Å². The molecule has 0 radical (unpaired) electrons. The van der Waals surface area contributed by atoms with Crippen LogP contribution < -0.4 is 10.2 Å². The van der Waals surface area contributed by atoms with Crippen molar-refractivity contribution >= 4 is 34.5 Å². The lowest BCUT2D eigenvalue weighted by atomic mass is 10.0. The molecule has 1 aliphatic rings. The van der Waals surface area contributed by atoms with Gasteiger partial charge in [-0.1, -0.05) is 26.0 Å².